The molecular formula is C9H12N2S. The third kappa shape index (κ3) is 0.894. The second-order valence-corrected chi connectivity index (χ2v) is 3.52. The maximum atomic E-state index is 4.48. The van der Waals surface area contributed by atoms with Gasteiger partial charge in [0.05, 0.1) is 11.4 Å². The lowest BCUT2D eigenvalue weighted by Gasteiger charge is -2.22. The van der Waals surface area contributed by atoms with E-state index >= 15 is 0 Å². The van der Waals surface area contributed by atoms with Gasteiger partial charge in [-0.3, -0.25) is 0 Å². The Kier molecular flexibility index (Phi) is 1.68. The molecule has 0 amide bonds. The van der Waals surface area contributed by atoms with Gasteiger partial charge in [0, 0.05) is 14.1 Å². The number of hydrogen-bond acceptors (Lipinski definition) is 3. The Morgan fingerprint density at radius 3 is 1.92 bits per heavy atom. The smallest absolute Gasteiger partial charge is 0.147 e. The van der Waals surface area contributed by atoms with Crippen LogP contribution >= 0.6 is 12.6 Å². The first-order chi connectivity index (χ1) is 5.72. The molecule has 0 radical (unpaired) electrons. The van der Waals surface area contributed by atoms with Crippen LogP contribution in [0.25, 0.3) is 0 Å². The predicted molar refractivity (Wildman–Crippen MR) is 56.0 cm³/mol. The molecule has 1 heterocycles. The fraction of sp³-hybridized carbons (Fsp3) is 0.333. The zero-order chi connectivity index (χ0) is 8.72. The maximum Gasteiger partial charge on any atom is 0.147 e. The molecule has 0 spiro atoms. The lowest BCUT2D eigenvalue weighted by atomic mass is 10.3. The van der Waals surface area contributed by atoms with Crippen LogP contribution in [0.4, 0.5) is 11.4 Å². The summed E-state index contributed by atoms with van der Waals surface area (Å²) in [5.74, 6) is 0. The van der Waals surface area contributed by atoms with E-state index < -0.39 is 0 Å². The number of benzene rings is 1. The Balaban J connectivity index is 2.52. The second kappa shape index (κ2) is 2.59. The molecule has 3 heteroatoms. The van der Waals surface area contributed by atoms with Gasteiger partial charge in [-0.15, -0.1) is 12.6 Å². The minimum absolute atomic E-state index is 0.169. The van der Waals surface area contributed by atoms with Gasteiger partial charge in [-0.2, -0.15) is 0 Å². The molecule has 0 aromatic heterocycles. The highest BCUT2D eigenvalue weighted by atomic mass is 32.1. The molecule has 0 unspecified atom stereocenters. The fourth-order valence-corrected chi connectivity index (χ4v) is 1.82. The molecule has 0 bridgehead atoms. The van der Waals surface area contributed by atoms with Gasteiger partial charge in [0.2, 0.25) is 0 Å². The van der Waals surface area contributed by atoms with Gasteiger partial charge >= 0.3 is 0 Å². The molecule has 0 saturated carbocycles. The van der Waals surface area contributed by atoms with Crippen molar-refractivity contribution in [3.8, 4) is 0 Å². The molecule has 2 nitrogen and oxygen atoms in total. The van der Waals surface area contributed by atoms with E-state index in [0.29, 0.717) is 0 Å². The first-order valence-corrected chi connectivity index (χ1v) is 4.46. The van der Waals surface area contributed by atoms with Crippen molar-refractivity contribution in [1.29, 1.82) is 0 Å². The SMILES string of the molecule is CN1c2ccccc2N(C)C1S. The molecule has 0 atom stereocenters. The van der Waals surface area contributed by atoms with Crippen molar-refractivity contribution in [2.45, 2.75) is 5.50 Å². The molecule has 0 saturated heterocycles. The summed E-state index contributed by atoms with van der Waals surface area (Å²) < 4.78 is 0. The first-order valence-electron chi connectivity index (χ1n) is 3.94. The molecule has 64 valence electrons. The Morgan fingerprint density at radius 2 is 1.50 bits per heavy atom. The highest BCUT2D eigenvalue weighted by Gasteiger charge is 2.27. The van der Waals surface area contributed by atoms with Crippen LogP contribution in [0.15, 0.2) is 24.3 Å². The van der Waals surface area contributed by atoms with Crippen molar-refractivity contribution in [2.24, 2.45) is 0 Å². The highest BCUT2D eigenvalue weighted by molar-refractivity contribution is 7.81. The van der Waals surface area contributed by atoms with Gasteiger partial charge in [0.15, 0.2) is 0 Å². The summed E-state index contributed by atoms with van der Waals surface area (Å²) in [6.07, 6.45) is 0. The van der Waals surface area contributed by atoms with Crippen molar-refractivity contribution >= 4 is 24.0 Å². The van der Waals surface area contributed by atoms with Crippen LogP contribution < -0.4 is 9.80 Å². The van der Waals surface area contributed by atoms with Gasteiger partial charge < -0.3 is 9.80 Å². The zero-order valence-corrected chi connectivity index (χ0v) is 8.12. The van der Waals surface area contributed by atoms with Crippen molar-refractivity contribution in [1.82, 2.24) is 0 Å². The summed E-state index contributed by atoms with van der Waals surface area (Å²) in [6, 6.07) is 8.33. The van der Waals surface area contributed by atoms with Crippen LogP contribution in [-0.2, 0) is 0 Å². The third-order valence-corrected chi connectivity index (χ3v) is 3.03. The number of nitrogens with zero attached hydrogens (tertiary/aromatic N) is 2. The van der Waals surface area contributed by atoms with E-state index in [1.165, 1.54) is 11.4 Å². The topological polar surface area (TPSA) is 6.48 Å². The molecule has 1 aliphatic rings. The van der Waals surface area contributed by atoms with Crippen LogP contribution in [0, 0.1) is 0 Å². The van der Waals surface area contributed by atoms with Gasteiger partial charge in [0.25, 0.3) is 0 Å². The number of anilines is 2. The average molecular weight is 180 g/mol. The standard InChI is InChI=1S/C9H12N2S/c1-10-7-5-3-4-6-8(7)11(2)9(10)12/h3-6,9,12H,1-2H3. The molecule has 1 aliphatic heterocycles. The maximum absolute atomic E-state index is 4.48. The molecule has 1 aromatic rings. The van der Waals surface area contributed by atoms with E-state index in [0.717, 1.165) is 0 Å². The van der Waals surface area contributed by atoms with E-state index in [9.17, 15) is 0 Å². The van der Waals surface area contributed by atoms with E-state index in [4.69, 9.17) is 0 Å². The van der Waals surface area contributed by atoms with Crippen LogP contribution in [-0.4, -0.2) is 19.6 Å². The van der Waals surface area contributed by atoms with E-state index in [1.54, 1.807) is 0 Å². The summed E-state index contributed by atoms with van der Waals surface area (Å²) in [4.78, 5) is 4.30. The van der Waals surface area contributed by atoms with Crippen molar-refractivity contribution < 1.29 is 0 Å². The zero-order valence-electron chi connectivity index (χ0n) is 7.23. The van der Waals surface area contributed by atoms with E-state index in [2.05, 4.69) is 60.8 Å². The van der Waals surface area contributed by atoms with Gasteiger partial charge in [-0.1, -0.05) is 12.1 Å². The number of thiol groups is 1. The molecular weight excluding hydrogens is 168 g/mol. The lowest BCUT2D eigenvalue weighted by molar-refractivity contribution is 0.862. The summed E-state index contributed by atoms with van der Waals surface area (Å²) in [5.41, 5.74) is 2.67. The number of fused-ring (bicyclic) bond motifs is 1. The second-order valence-electron chi connectivity index (χ2n) is 3.06. The molecule has 0 aliphatic carbocycles. The molecule has 12 heavy (non-hydrogen) atoms. The van der Waals surface area contributed by atoms with Gasteiger partial charge in [0.1, 0.15) is 5.50 Å². The number of para-hydroxylation sites is 2. The molecule has 0 fully saturated rings. The van der Waals surface area contributed by atoms with Gasteiger partial charge in [-0.05, 0) is 12.1 Å². The molecule has 2 rings (SSSR count). The number of hydrogen-bond donors (Lipinski definition) is 1. The first kappa shape index (κ1) is 7.80. The lowest BCUT2D eigenvalue weighted by Crippen LogP contribution is -2.33. The summed E-state index contributed by atoms with van der Waals surface area (Å²) in [6.45, 7) is 0. The van der Waals surface area contributed by atoms with E-state index in [1.807, 2.05) is 0 Å². The monoisotopic (exact) mass is 180 g/mol. The third-order valence-electron chi connectivity index (χ3n) is 2.33. The summed E-state index contributed by atoms with van der Waals surface area (Å²) in [5, 5.41) is 0. The van der Waals surface area contributed by atoms with Crippen molar-refractivity contribution in [3.05, 3.63) is 24.3 Å². The minimum atomic E-state index is 0.169. The largest absolute Gasteiger partial charge is 0.344 e. The van der Waals surface area contributed by atoms with Gasteiger partial charge in [-0.25, -0.2) is 0 Å². The Morgan fingerprint density at radius 1 is 1.08 bits per heavy atom. The predicted octanol–water partition coefficient (Wildman–Crippen LogP) is 1.79. The molecule has 0 N–H and O–H groups in total. The summed E-state index contributed by atoms with van der Waals surface area (Å²) in [7, 11) is 4.11. The Bertz CT molecular complexity index is 271. The Labute approximate surface area is 78.2 Å². The average Bonchev–Trinajstić information content (AvgIpc) is 2.33. The van der Waals surface area contributed by atoms with Crippen LogP contribution in [0.3, 0.4) is 0 Å². The van der Waals surface area contributed by atoms with Crippen molar-refractivity contribution in [3.63, 3.8) is 0 Å². The minimum Gasteiger partial charge on any atom is -0.344 e. The van der Waals surface area contributed by atoms with Crippen molar-refractivity contribution in [2.75, 3.05) is 23.9 Å². The number of rotatable bonds is 0. The Hall–Kier alpha value is -0.830. The quantitative estimate of drug-likeness (QED) is 0.608. The van der Waals surface area contributed by atoms with Crippen LogP contribution in [0.1, 0.15) is 0 Å². The van der Waals surface area contributed by atoms with Crippen LogP contribution in [0.2, 0.25) is 0 Å². The van der Waals surface area contributed by atoms with E-state index in [-0.39, 0.29) is 5.50 Å². The molecule has 1 aromatic carbocycles. The normalized spacial score (nSPS) is 16.9. The highest BCUT2D eigenvalue weighted by Crippen LogP contribution is 2.37. The van der Waals surface area contributed by atoms with Crippen LogP contribution in [0.5, 0.6) is 0 Å². The summed E-state index contributed by atoms with van der Waals surface area (Å²) >= 11 is 4.48. The fourth-order valence-electron chi connectivity index (χ4n) is 1.57.